The number of hydrogen-bond acceptors (Lipinski definition) is 5. The van der Waals surface area contributed by atoms with Crippen molar-refractivity contribution in [2.75, 3.05) is 6.54 Å². The molecule has 31 heavy (non-hydrogen) atoms. The molecule has 1 rings (SSSR count). The molecule has 1 atom stereocenters. The standard InChI is InChI=1S/C24H39NO5Si/c1-23(2,3)29-22(28)25(21(27)19-14-10-9-11-15-19)17-13-12-16-20(18-26)30-31(7,8)24(4,5)6/h9-11,14-15,18,20H,12-13,16-17H2,1-8H3/t20-/m0/s1. The molecule has 0 aromatic heterocycles. The van der Waals surface area contributed by atoms with Gasteiger partial charge in [0.25, 0.3) is 5.91 Å². The average Bonchev–Trinajstić information content (AvgIpc) is 2.64. The summed E-state index contributed by atoms with van der Waals surface area (Å²) >= 11 is 0. The summed E-state index contributed by atoms with van der Waals surface area (Å²) in [5.41, 5.74) is -0.272. The van der Waals surface area contributed by atoms with Crippen LogP contribution in [-0.2, 0) is 14.0 Å². The van der Waals surface area contributed by atoms with Crippen LogP contribution in [0.3, 0.4) is 0 Å². The number of benzene rings is 1. The summed E-state index contributed by atoms with van der Waals surface area (Å²) in [6.45, 7) is 16.2. The molecule has 6 nitrogen and oxygen atoms in total. The van der Waals surface area contributed by atoms with Gasteiger partial charge in [-0.05, 0) is 70.3 Å². The zero-order chi connectivity index (χ0) is 23.9. The summed E-state index contributed by atoms with van der Waals surface area (Å²) in [5, 5.41) is 0.0177. The highest BCUT2D eigenvalue weighted by Gasteiger charge is 2.39. The van der Waals surface area contributed by atoms with Gasteiger partial charge in [0.2, 0.25) is 0 Å². The molecular formula is C24H39NO5Si. The van der Waals surface area contributed by atoms with Gasteiger partial charge in [-0.25, -0.2) is 9.69 Å². The molecule has 0 heterocycles. The number of aldehydes is 1. The van der Waals surface area contributed by atoms with Crippen molar-refractivity contribution in [1.29, 1.82) is 0 Å². The fourth-order valence-electron chi connectivity index (χ4n) is 2.65. The van der Waals surface area contributed by atoms with Gasteiger partial charge < -0.3 is 14.0 Å². The lowest BCUT2D eigenvalue weighted by Gasteiger charge is -2.38. The quantitative estimate of drug-likeness (QED) is 0.270. The molecule has 0 fully saturated rings. The molecule has 2 amide bonds. The zero-order valence-electron chi connectivity index (χ0n) is 20.4. The predicted molar refractivity (Wildman–Crippen MR) is 126 cm³/mol. The second-order valence-corrected chi connectivity index (χ2v) is 15.1. The van der Waals surface area contributed by atoms with E-state index in [-0.39, 0.29) is 17.5 Å². The van der Waals surface area contributed by atoms with Crippen molar-refractivity contribution < 1.29 is 23.5 Å². The molecule has 174 valence electrons. The van der Waals surface area contributed by atoms with Gasteiger partial charge in [-0.3, -0.25) is 4.79 Å². The summed E-state index contributed by atoms with van der Waals surface area (Å²) in [4.78, 5) is 38.3. The SMILES string of the molecule is CC(C)(C)OC(=O)N(CCCC[C@@H](C=O)O[Si](C)(C)C(C)(C)C)C(=O)c1ccccc1. The van der Waals surface area contributed by atoms with Crippen LogP contribution in [0.1, 0.15) is 71.2 Å². The van der Waals surface area contributed by atoms with E-state index in [9.17, 15) is 14.4 Å². The van der Waals surface area contributed by atoms with Crippen LogP contribution in [0, 0.1) is 0 Å². The summed E-state index contributed by atoms with van der Waals surface area (Å²) < 4.78 is 11.6. The molecule has 0 saturated heterocycles. The fourth-order valence-corrected chi connectivity index (χ4v) is 3.94. The van der Waals surface area contributed by atoms with Gasteiger partial charge in [0.1, 0.15) is 18.0 Å². The minimum Gasteiger partial charge on any atom is -0.443 e. The Morgan fingerprint density at radius 2 is 1.61 bits per heavy atom. The number of carbonyl (C=O) groups is 3. The lowest BCUT2D eigenvalue weighted by atomic mass is 10.1. The zero-order valence-corrected chi connectivity index (χ0v) is 21.4. The molecule has 1 aromatic carbocycles. The Morgan fingerprint density at radius 3 is 2.10 bits per heavy atom. The van der Waals surface area contributed by atoms with Crippen LogP contribution in [0.25, 0.3) is 0 Å². The van der Waals surface area contributed by atoms with Crippen LogP contribution in [0.5, 0.6) is 0 Å². The molecule has 7 heteroatoms. The number of ether oxygens (including phenoxy) is 1. The van der Waals surface area contributed by atoms with Crippen molar-refractivity contribution in [1.82, 2.24) is 4.90 Å². The summed E-state index contributed by atoms with van der Waals surface area (Å²) in [5.74, 6) is -0.390. The highest BCUT2D eigenvalue weighted by molar-refractivity contribution is 6.74. The number of nitrogens with zero attached hydrogens (tertiary/aromatic N) is 1. The molecule has 0 unspecified atom stereocenters. The molecule has 0 aliphatic rings. The van der Waals surface area contributed by atoms with Crippen molar-refractivity contribution in [3.63, 3.8) is 0 Å². The van der Waals surface area contributed by atoms with E-state index in [0.717, 1.165) is 11.2 Å². The monoisotopic (exact) mass is 449 g/mol. The maximum Gasteiger partial charge on any atom is 0.417 e. The van der Waals surface area contributed by atoms with Gasteiger partial charge in [0, 0.05) is 12.1 Å². The number of imide groups is 1. The van der Waals surface area contributed by atoms with Crippen LogP contribution in [0.2, 0.25) is 18.1 Å². The molecule has 0 aliphatic heterocycles. The van der Waals surface area contributed by atoms with E-state index in [1.54, 1.807) is 45.0 Å². The Hall–Kier alpha value is -1.99. The Balaban J connectivity index is 2.77. The largest absolute Gasteiger partial charge is 0.443 e. The normalized spacial score (nSPS) is 13.4. The fraction of sp³-hybridized carbons (Fsp3) is 0.625. The highest BCUT2D eigenvalue weighted by atomic mass is 28.4. The van der Waals surface area contributed by atoms with Crippen molar-refractivity contribution in [2.45, 2.75) is 90.6 Å². The first-order valence-electron chi connectivity index (χ1n) is 10.9. The van der Waals surface area contributed by atoms with E-state index < -0.39 is 26.1 Å². The van der Waals surface area contributed by atoms with Crippen LogP contribution >= 0.6 is 0 Å². The van der Waals surface area contributed by atoms with E-state index in [0.29, 0.717) is 24.8 Å². The number of rotatable bonds is 9. The highest BCUT2D eigenvalue weighted by Crippen LogP contribution is 2.37. The lowest BCUT2D eigenvalue weighted by Crippen LogP contribution is -2.44. The first-order chi connectivity index (χ1) is 14.2. The number of unbranched alkanes of at least 4 members (excludes halogenated alkanes) is 1. The van der Waals surface area contributed by atoms with Gasteiger partial charge in [-0.1, -0.05) is 39.0 Å². The molecule has 1 aromatic rings. The van der Waals surface area contributed by atoms with Crippen LogP contribution in [-0.4, -0.2) is 49.8 Å². The van der Waals surface area contributed by atoms with Crippen LogP contribution < -0.4 is 0 Å². The van der Waals surface area contributed by atoms with Gasteiger partial charge in [0.15, 0.2) is 8.32 Å². The van der Waals surface area contributed by atoms with Crippen molar-refractivity contribution in [2.24, 2.45) is 0 Å². The third kappa shape index (κ3) is 8.95. The Labute approximate surface area is 188 Å². The van der Waals surface area contributed by atoms with Gasteiger partial charge in [0.05, 0.1) is 0 Å². The van der Waals surface area contributed by atoms with Crippen molar-refractivity contribution in [3.8, 4) is 0 Å². The molecule has 0 spiro atoms. The maximum atomic E-state index is 12.9. The van der Waals surface area contributed by atoms with Crippen molar-refractivity contribution in [3.05, 3.63) is 35.9 Å². The topological polar surface area (TPSA) is 72.9 Å². The molecule has 0 N–H and O–H groups in total. The first kappa shape index (κ1) is 27.0. The number of amides is 2. The second-order valence-electron chi connectivity index (χ2n) is 10.4. The van der Waals surface area contributed by atoms with Crippen molar-refractivity contribution >= 4 is 26.6 Å². The van der Waals surface area contributed by atoms with E-state index in [2.05, 4.69) is 33.9 Å². The summed E-state index contributed by atoms with van der Waals surface area (Å²) in [7, 11) is -2.05. The van der Waals surface area contributed by atoms with Gasteiger partial charge in [-0.2, -0.15) is 0 Å². The minimum atomic E-state index is -2.05. The smallest absolute Gasteiger partial charge is 0.417 e. The third-order valence-electron chi connectivity index (χ3n) is 5.40. The summed E-state index contributed by atoms with van der Waals surface area (Å²) in [6.07, 6.45) is 1.49. The van der Waals surface area contributed by atoms with E-state index in [1.165, 1.54) is 0 Å². The number of hydrogen-bond donors (Lipinski definition) is 0. The van der Waals surface area contributed by atoms with Gasteiger partial charge >= 0.3 is 6.09 Å². The van der Waals surface area contributed by atoms with Crippen LogP contribution in [0.15, 0.2) is 30.3 Å². The summed E-state index contributed by atoms with van der Waals surface area (Å²) in [6, 6.07) is 8.68. The lowest BCUT2D eigenvalue weighted by molar-refractivity contribution is -0.114. The van der Waals surface area contributed by atoms with E-state index in [4.69, 9.17) is 9.16 Å². The number of carbonyl (C=O) groups excluding carboxylic acids is 3. The average molecular weight is 450 g/mol. The third-order valence-corrected chi connectivity index (χ3v) is 9.91. The molecule has 0 radical (unpaired) electrons. The van der Waals surface area contributed by atoms with E-state index in [1.807, 2.05) is 6.07 Å². The maximum absolute atomic E-state index is 12.9. The molecule has 0 saturated carbocycles. The Kier molecular flexibility index (Phi) is 9.63. The first-order valence-corrected chi connectivity index (χ1v) is 13.8. The Morgan fingerprint density at radius 1 is 1.03 bits per heavy atom. The predicted octanol–water partition coefficient (Wildman–Crippen LogP) is 5.82. The molecular weight excluding hydrogens is 410 g/mol. The second kappa shape index (κ2) is 11.0. The Bertz CT molecular complexity index is 735. The van der Waals surface area contributed by atoms with Gasteiger partial charge in [-0.15, -0.1) is 0 Å². The minimum absolute atomic E-state index is 0.0177. The molecule has 0 aliphatic carbocycles. The van der Waals surface area contributed by atoms with Crippen LogP contribution in [0.4, 0.5) is 4.79 Å². The van der Waals surface area contributed by atoms with E-state index >= 15 is 0 Å². The molecule has 0 bridgehead atoms.